The standard InChI is InChI=1S/C20H24N2O3/c1-23-18-7-3-2-5-15(18)14-22-11-12-24-20-17(22)8-9-19(20)25-16-6-4-10-21-13-16/h2-7,10,13,17,19-20H,8-9,11-12,14H2,1H3/t17-,19-,20+/m0/s1. The lowest BCUT2D eigenvalue weighted by Crippen LogP contribution is -2.51. The first-order valence-electron chi connectivity index (χ1n) is 8.89. The number of hydrogen-bond acceptors (Lipinski definition) is 5. The van der Waals surface area contributed by atoms with E-state index in [2.05, 4.69) is 22.0 Å². The number of nitrogens with zero attached hydrogens (tertiary/aromatic N) is 2. The minimum Gasteiger partial charge on any atom is -0.496 e. The van der Waals surface area contributed by atoms with Crippen molar-refractivity contribution in [1.29, 1.82) is 0 Å². The second-order valence-corrected chi connectivity index (χ2v) is 6.61. The zero-order chi connectivity index (χ0) is 17.1. The van der Waals surface area contributed by atoms with Gasteiger partial charge in [-0.15, -0.1) is 0 Å². The van der Waals surface area contributed by atoms with Crippen LogP contribution in [-0.2, 0) is 11.3 Å². The summed E-state index contributed by atoms with van der Waals surface area (Å²) < 4.78 is 17.8. The van der Waals surface area contributed by atoms with Crippen molar-refractivity contribution in [2.24, 2.45) is 0 Å². The van der Waals surface area contributed by atoms with Crippen LogP contribution in [0.4, 0.5) is 0 Å². The molecule has 1 aliphatic carbocycles. The molecule has 132 valence electrons. The van der Waals surface area contributed by atoms with Crippen molar-refractivity contribution in [2.45, 2.75) is 37.6 Å². The highest BCUT2D eigenvalue weighted by molar-refractivity contribution is 5.33. The Hall–Kier alpha value is -2.11. The summed E-state index contributed by atoms with van der Waals surface area (Å²) in [5.74, 6) is 1.77. The van der Waals surface area contributed by atoms with Crippen LogP contribution in [0.2, 0.25) is 0 Å². The number of fused-ring (bicyclic) bond motifs is 1. The lowest BCUT2D eigenvalue weighted by atomic mass is 10.1. The average molecular weight is 340 g/mol. The predicted molar refractivity (Wildman–Crippen MR) is 94.8 cm³/mol. The van der Waals surface area contributed by atoms with Crippen molar-refractivity contribution in [1.82, 2.24) is 9.88 Å². The van der Waals surface area contributed by atoms with Gasteiger partial charge in [-0.05, 0) is 31.0 Å². The maximum atomic E-state index is 6.15. The molecule has 0 bridgehead atoms. The molecule has 0 radical (unpaired) electrons. The molecule has 0 amide bonds. The summed E-state index contributed by atoms with van der Waals surface area (Å²) in [4.78, 5) is 6.64. The molecule has 4 rings (SSSR count). The molecule has 1 aromatic carbocycles. The number of hydrogen-bond donors (Lipinski definition) is 0. The zero-order valence-corrected chi connectivity index (χ0v) is 14.5. The number of rotatable bonds is 5. The second-order valence-electron chi connectivity index (χ2n) is 6.61. The third kappa shape index (κ3) is 3.48. The molecular weight excluding hydrogens is 316 g/mol. The van der Waals surface area contributed by atoms with Crippen LogP contribution in [-0.4, -0.2) is 48.4 Å². The summed E-state index contributed by atoms with van der Waals surface area (Å²) in [5.41, 5.74) is 1.22. The van der Waals surface area contributed by atoms with Gasteiger partial charge < -0.3 is 14.2 Å². The minimum atomic E-state index is 0.0923. The number of benzene rings is 1. The molecule has 1 saturated carbocycles. The molecule has 2 aromatic rings. The monoisotopic (exact) mass is 340 g/mol. The van der Waals surface area contributed by atoms with E-state index in [9.17, 15) is 0 Å². The van der Waals surface area contributed by atoms with E-state index < -0.39 is 0 Å². The number of pyridine rings is 1. The van der Waals surface area contributed by atoms with Gasteiger partial charge >= 0.3 is 0 Å². The first-order chi connectivity index (χ1) is 12.3. The summed E-state index contributed by atoms with van der Waals surface area (Å²) in [6.45, 7) is 2.57. The zero-order valence-electron chi connectivity index (χ0n) is 14.5. The molecular formula is C20H24N2O3. The molecule has 0 N–H and O–H groups in total. The van der Waals surface area contributed by atoms with Gasteiger partial charge in [-0.2, -0.15) is 0 Å². The summed E-state index contributed by atoms with van der Waals surface area (Å²) in [5, 5.41) is 0. The van der Waals surface area contributed by atoms with E-state index in [1.807, 2.05) is 24.3 Å². The van der Waals surface area contributed by atoms with Crippen LogP contribution in [0.15, 0.2) is 48.8 Å². The van der Waals surface area contributed by atoms with Crippen LogP contribution in [0.1, 0.15) is 18.4 Å². The second kappa shape index (κ2) is 7.42. The van der Waals surface area contributed by atoms with Gasteiger partial charge in [-0.3, -0.25) is 9.88 Å². The molecule has 1 aromatic heterocycles. The Bertz CT molecular complexity index is 694. The molecule has 0 unspecified atom stereocenters. The van der Waals surface area contributed by atoms with Crippen LogP contribution in [0.5, 0.6) is 11.5 Å². The highest BCUT2D eigenvalue weighted by Crippen LogP contribution is 2.34. The molecule has 3 atom stereocenters. The van der Waals surface area contributed by atoms with Crippen molar-refractivity contribution in [3.05, 3.63) is 54.4 Å². The first-order valence-corrected chi connectivity index (χ1v) is 8.89. The largest absolute Gasteiger partial charge is 0.496 e. The van der Waals surface area contributed by atoms with E-state index in [1.54, 1.807) is 19.5 Å². The minimum absolute atomic E-state index is 0.0923. The van der Waals surface area contributed by atoms with Crippen molar-refractivity contribution in [3.63, 3.8) is 0 Å². The van der Waals surface area contributed by atoms with Crippen LogP contribution < -0.4 is 9.47 Å². The van der Waals surface area contributed by atoms with Crippen molar-refractivity contribution >= 4 is 0 Å². The molecule has 2 heterocycles. The third-order valence-corrected chi connectivity index (χ3v) is 5.14. The van der Waals surface area contributed by atoms with Gasteiger partial charge in [0.1, 0.15) is 23.7 Å². The van der Waals surface area contributed by atoms with Gasteiger partial charge in [0.2, 0.25) is 0 Å². The number of ether oxygens (including phenoxy) is 3. The quantitative estimate of drug-likeness (QED) is 0.837. The molecule has 0 spiro atoms. The maximum absolute atomic E-state index is 6.15. The highest BCUT2D eigenvalue weighted by Gasteiger charge is 2.44. The lowest BCUT2D eigenvalue weighted by Gasteiger charge is -2.39. The van der Waals surface area contributed by atoms with Crippen molar-refractivity contribution in [3.8, 4) is 11.5 Å². The Kier molecular flexibility index (Phi) is 4.85. The summed E-state index contributed by atoms with van der Waals surface area (Å²) in [6.07, 6.45) is 5.83. The molecule has 2 fully saturated rings. The van der Waals surface area contributed by atoms with E-state index in [0.29, 0.717) is 6.04 Å². The third-order valence-electron chi connectivity index (χ3n) is 5.14. The molecule has 5 nitrogen and oxygen atoms in total. The molecule has 5 heteroatoms. The fraction of sp³-hybridized carbons (Fsp3) is 0.450. The fourth-order valence-electron chi connectivity index (χ4n) is 3.96. The average Bonchev–Trinajstić information content (AvgIpc) is 3.07. The summed E-state index contributed by atoms with van der Waals surface area (Å²) in [7, 11) is 1.73. The fourth-order valence-corrected chi connectivity index (χ4v) is 3.96. The van der Waals surface area contributed by atoms with E-state index in [0.717, 1.165) is 44.0 Å². The molecule has 2 aliphatic rings. The molecule has 25 heavy (non-hydrogen) atoms. The molecule has 1 saturated heterocycles. The maximum Gasteiger partial charge on any atom is 0.138 e. The van der Waals surface area contributed by atoms with E-state index >= 15 is 0 Å². The number of morpholine rings is 1. The first kappa shape index (κ1) is 16.4. The summed E-state index contributed by atoms with van der Waals surface area (Å²) in [6, 6.07) is 12.5. The topological polar surface area (TPSA) is 43.8 Å². The summed E-state index contributed by atoms with van der Waals surface area (Å²) >= 11 is 0. The number of aromatic nitrogens is 1. The van der Waals surface area contributed by atoms with Gasteiger partial charge in [0, 0.05) is 30.9 Å². The van der Waals surface area contributed by atoms with Gasteiger partial charge in [0.15, 0.2) is 0 Å². The Balaban J connectivity index is 1.46. The van der Waals surface area contributed by atoms with Gasteiger partial charge in [0.05, 0.1) is 19.9 Å². The Labute approximate surface area is 148 Å². The normalized spacial score (nSPS) is 26.2. The van der Waals surface area contributed by atoms with E-state index in [-0.39, 0.29) is 12.2 Å². The van der Waals surface area contributed by atoms with E-state index in [1.165, 1.54) is 5.56 Å². The smallest absolute Gasteiger partial charge is 0.138 e. The number of methoxy groups -OCH3 is 1. The predicted octanol–water partition coefficient (Wildman–Crippen LogP) is 2.90. The van der Waals surface area contributed by atoms with E-state index in [4.69, 9.17) is 14.2 Å². The van der Waals surface area contributed by atoms with Gasteiger partial charge in [0.25, 0.3) is 0 Å². The van der Waals surface area contributed by atoms with Crippen LogP contribution in [0.3, 0.4) is 0 Å². The van der Waals surface area contributed by atoms with Gasteiger partial charge in [-0.25, -0.2) is 0 Å². The van der Waals surface area contributed by atoms with Crippen LogP contribution >= 0.6 is 0 Å². The Morgan fingerprint density at radius 3 is 2.96 bits per heavy atom. The van der Waals surface area contributed by atoms with Crippen molar-refractivity contribution < 1.29 is 14.2 Å². The molecule has 1 aliphatic heterocycles. The van der Waals surface area contributed by atoms with Crippen LogP contribution in [0.25, 0.3) is 0 Å². The number of para-hydroxylation sites is 1. The SMILES string of the molecule is COc1ccccc1CN1CCO[C@H]2[C@@H](Oc3cccnc3)CC[C@@H]21. The lowest BCUT2D eigenvalue weighted by molar-refractivity contribution is -0.0917. The van der Waals surface area contributed by atoms with Gasteiger partial charge in [-0.1, -0.05) is 18.2 Å². The van der Waals surface area contributed by atoms with Crippen molar-refractivity contribution in [2.75, 3.05) is 20.3 Å². The van der Waals surface area contributed by atoms with Crippen LogP contribution in [0, 0.1) is 0 Å². The Morgan fingerprint density at radius 1 is 1.20 bits per heavy atom. The Morgan fingerprint density at radius 2 is 2.12 bits per heavy atom. The highest BCUT2D eigenvalue weighted by atomic mass is 16.5.